The van der Waals surface area contributed by atoms with Gasteiger partial charge in [-0.1, -0.05) is 41.9 Å². The third-order valence-corrected chi connectivity index (χ3v) is 5.12. The van der Waals surface area contributed by atoms with Gasteiger partial charge in [0.25, 0.3) is 5.91 Å². The van der Waals surface area contributed by atoms with Crippen LogP contribution in [0.2, 0.25) is 5.02 Å². The molecule has 0 radical (unpaired) electrons. The molecule has 1 aliphatic rings. The lowest BCUT2D eigenvalue weighted by Crippen LogP contribution is -2.36. The van der Waals surface area contributed by atoms with Crippen LogP contribution < -0.4 is 5.32 Å². The lowest BCUT2D eigenvalue weighted by atomic mass is 10.1. The fourth-order valence-electron chi connectivity index (χ4n) is 3.03. The molecule has 1 amide bonds. The van der Waals surface area contributed by atoms with E-state index < -0.39 is 12.1 Å². The van der Waals surface area contributed by atoms with Crippen LogP contribution in [0.5, 0.6) is 0 Å². The maximum atomic E-state index is 12.3. The van der Waals surface area contributed by atoms with Crippen molar-refractivity contribution in [2.75, 3.05) is 0 Å². The number of amides is 1. The summed E-state index contributed by atoms with van der Waals surface area (Å²) >= 11 is 6.02. The molecule has 7 heteroatoms. The van der Waals surface area contributed by atoms with Crippen LogP contribution in [-0.4, -0.2) is 33.8 Å². The second-order valence-electron chi connectivity index (χ2n) is 7.42. The number of nitrogens with zero attached hydrogens (tertiary/aromatic N) is 2. The predicted molar refractivity (Wildman–Crippen MR) is 120 cm³/mol. The highest BCUT2D eigenvalue weighted by molar-refractivity contribution is 6.30. The highest BCUT2D eigenvalue weighted by Gasteiger charge is 2.26. The lowest BCUT2D eigenvalue weighted by molar-refractivity contribution is -0.150. The van der Waals surface area contributed by atoms with Crippen molar-refractivity contribution in [3.63, 3.8) is 0 Å². The molecule has 0 aliphatic heterocycles. The molecule has 31 heavy (non-hydrogen) atoms. The number of esters is 1. The summed E-state index contributed by atoms with van der Waals surface area (Å²) in [6.07, 6.45) is 5.90. The number of halogens is 1. The molecule has 2 aromatic carbocycles. The summed E-state index contributed by atoms with van der Waals surface area (Å²) in [6.45, 7) is 1.57. The first kappa shape index (κ1) is 20.9. The van der Waals surface area contributed by atoms with Crippen LogP contribution in [0.15, 0.2) is 66.9 Å². The maximum Gasteiger partial charge on any atom is 0.331 e. The first-order valence-electron chi connectivity index (χ1n) is 10.1. The van der Waals surface area contributed by atoms with E-state index in [4.69, 9.17) is 21.4 Å². The highest BCUT2D eigenvalue weighted by atomic mass is 35.5. The molecule has 1 heterocycles. The number of carbonyl (C=O) groups is 2. The second-order valence-corrected chi connectivity index (χ2v) is 7.85. The topological polar surface area (TPSA) is 73.2 Å². The lowest BCUT2D eigenvalue weighted by Gasteiger charge is -2.11. The zero-order valence-corrected chi connectivity index (χ0v) is 17.8. The summed E-state index contributed by atoms with van der Waals surface area (Å²) in [4.78, 5) is 24.3. The minimum atomic E-state index is -0.847. The third kappa shape index (κ3) is 5.41. The summed E-state index contributed by atoms with van der Waals surface area (Å²) in [6, 6.07) is 17.2. The van der Waals surface area contributed by atoms with Gasteiger partial charge < -0.3 is 10.1 Å². The largest absolute Gasteiger partial charge is 0.449 e. The molecule has 4 rings (SSSR count). The van der Waals surface area contributed by atoms with Gasteiger partial charge in [0.15, 0.2) is 6.10 Å². The Balaban J connectivity index is 1.55. The van der Waals surface area contributed by atoms with Crippen molar-refractivity contribution in [1.29, 1.82) is 0 Å². The van der Waals surface area contributed by atoms with Crippen LogP contribution in [0, 0.1) is 0 Å². The fraction of sp³-hybridized carbons (Fsp3) is 0.208. The molecule has 6 nitrogen and oxygen atoms in total. The van der Waals surface area contributed by atoms with E-state index in [0.717, 1.165) is 29.7 Å². The van der Waals surface area contributed by atoms with Crippen molar-refractivity contribution < 1.29 is 14.3 Å². The van der Waals surface area contributed by atoms with Gasteiger partial charge >= 0.3 is 5.97 Å². The molecular weight excluding hydrogens is 414 g/mol. The molecule has 0 saturated heterocycles. The average Bonchev–Trinajstić information content (AvgIpc) is 3.49. The van der Waals surface area contributed by atoms with E-state index in [1.165, 1.54) is 6.08 Å². The van der Waals surface area contributed by atoms with Crippen LogP contribution in [0.1, 0.15) is 25.3 Å². The predicted octanol–water partition coefficient (Wildman–Crippen LogP) is 4.42. The molecule has 158 valence electrons. The number of benzene rings is 2. The Hall–Kier alpha value is -3.38. The Morgan fingerprint density at radius 2 is 1.87 bits per heavy atom. The molecule has 1 unspecified atom stereocenters. The summed E-state index contributed by atoms with van der Waals surface area (Å²) in [5.41, 5.74) is 3.19. The number of carbonyl (C=O) groups excluding carboxylic acids is 2. The zero-order valence-electron chi connectivity index (χ0n) is 17.0. The van der Waals surface area contributed by atoms with Gasteiger partial charge in [-0.3, -0.25) is 4.79 Å². The molecule has 1 fully saturated rings. The Morgan fingerprint density at radius 3 is 2.55 bits per heavy atom. The second kappa shape index (κ2) is 9.18. The van der Waals surface area contributed by atoms with Crippen molar-refractivity contribution in [3.8, 4) is 16.9 Å². The Labute approximate surface area is 185 Å². The Morgan fingerprint density at radius 1 is 1.16 bits per heavy atom. The first-order valence-corrected chi connectivity index (χ1v) is 10.5. The molecule has 1 aromatic heterocycles. The smallest absolute Gasteiger partial charge is 0.331 e. The number of nitrogens with one attached hydrogen (secondary N) is 1. The number of rotatable bonds is 7. The van der Waals surface area contributed by atoms with Crippen LogP contribution in [0.3, 0.4) is 0 Å². The van der Waals surface area contributed by atoms with E-state index in [1.54, 1.807) is 29.8 Å². The molecule has 1 N–H and O–H groups in total. The molecule has 0 bridgehead atoms. The Kier molecular flexibility index (Phi) is 6.18. The molecule has 3 aromatic rings. The number of para-hydroxylation sites is 1. The van der Waals surface area contributed by atoms with Gasteiger partial charge in [0.2, 0.25) is 0 Å². The first-order chi connectivity index (χ1) is 15.0. The molecule has 0 spiro atoms. The van der Waals surface area contributed by atoms with Crippen LogP contribution in [-0.2, 0) is 14.3 Å². The van der Waals surface area contributed by atoms with Gasteiger partial charge in [0.1, 0.15) is 0 Å². The minimum absolute atomic E-state index is 0.218. The molecule has 1 aliphatic carbocycles. The number of hydrogen-bond donors (Lipinski definition) is 1. The summed E-state index contributed by atoms with van der Waals surface area (Å²) in [7, 11) is 0. The van der Waals surface area contributed by atoms with Gasteiger partial charge in [-0.15, -0.1) is 0 Å². The van der Waals surface area contributed by atoms with Gasteiger partial charge in [0, 0.05) is 34.5 Å². The maximum absolute atomic E-state index is 12.3. The number of hydrogen-bond acceptors (Lipinski definition) is 4. The molecular formula is C24H22ClN3O3. The number of ether oxygens (including phenoxy) is 1. The van der Waals surface area contributed by atoms with Crippen molar-refractivity contribution in [2.24, 2.45) is 0 Å². The third-order valence-electron chi connectivity index (χ3n) is 4.87. The molecule has 1 saturated carbocycles. The normalized spacial score (nSPS) is 14.4. The van der Waals surface area contributed by atoms with Crippen LogP contribution in [0.4, 0.5) is 0 Å². The molecule has 1 atom stereocenters. The summed E-state index contributed by atoms with van der Waals surface area (Å²) in [5, 5.41) is 8.15. The van der Waals surface area contributed by atoms with E-state index >= 15 is 0 Å². The van der Waals surface area contributed by atoms with E-state index in [0.29, 0.717) is 10.7 Å². The van der Waals surface area contributed by atoms with Crippen LogP contribution >= 0.6 is 11.6 Å². The van der Waals surface area contributed by atoms with Crippen LogP contribution in [0.25, 0.3) is 23.0 Å². The minimum Gasteiger partial charge on any atom is -0.449 e. The van der Waals surface area contributed by atoms with Crippen molar-refractivity contribution in [1.82, 2.24) is 15.1 Å². The van der Waals surface area contributed by atoms with E-state index in [-0.39, 0.29) is 11.9 Å². The van der Waals surface area contributed by atoms with E-state index in [9.17, 15) is 9.59 Å². The fourth-order valence-corrected chi connectivity index (χ4v) is 3.15. The SMILES string of the molecule is CC(OC(=O)/C=C/c1cn(-c2ccccc2)nc1-c1ccc(Cl)cc1)C(=O)NC1CC1. The van der Waals surface area contributed by atoms with E-state index in [2.05, 4.69) is 5.32 Å². The number of aromatic nitrogens is 2. The summed E-state index contributed by atoms with van der Waals surface area (Å²) in [5.74, 6) is -0.865. The quantitative estimate of drug-likeness (QED) is 0.440. The average molecular weight is 436 g/mol. The zero-order chi connectivity index (χ0) is 21.8. The van der Waals surface area contributed by atoms with Crippen molar-refractivity contribution >= 4 is 29.6 Å². The van der Waals surface area contributed by atoms with E-state index in [1.807, 2.05) is 48.7 Å². The standard InChI is InChI=1S/C24H22ClN3O3/c1-16(24(30)26-20-12-13-20)31-22(29)14-9-18-15-28(21-5-3-2-4-6-21)27-23(18)17-7-10-19(25)11-8-17/h2-11,14-16,20H,12-13H2,1H3,(H,26,30)/b14-9+. The van der Waals surface area contributed by atoms with Gasteiger partial charge in [-0.05, 0) is 50.1 Å². The van der Waals surface area contributed by atoms with Gasteiger partial charge in [-0.25, -0.2) is 9.48 Å². The Bertz CT molecular complexity index is 1100. The van der Waals surface area contributed by atoms with Crippen molar-refractivity contribution in [3.05, 3.63) is 77.5 Å². The van der Waals surface area contributed by atoms with Gasteiger partial charge in [-0.2, -0.15) is 5.10 Å². The van der Waals surface area contributed by atoms with Gasteiger partial charge in [0.05, 0.1) is 11.4 Å². The van der Waals surface area contributed by atoms with Crippen molar-refractivity contribution in [2.45, 2.75) is 31.9 Å². The summed E-state index contributed by atoms with van der Waals surface area (Å²) < 4.78 is 6.98. The monoisotopic (exact) mass is 435 g/mol. The highest BCUT2D eigenvalue weighted by Crippen LogP contribution is 2.26.